The second-order valence-corrected chi connectivity index (χ2v) is 5.18. The highest BCUT2D eigenvalue weighted by Crippen LogP contribution is 2.18. The molecular weight excluding hydrogens is 250 g/mol. The Balaban J connectivity index is 1.89. The highest BCUT2D eigenvalue weighted by Gasteiger charge is 1.95. The molecular formula is C17H17NS. The molecule has 0 bridgehead atoms. The molecule has 0 unspecified atom stereocenters. The Bertz CT molecular complexity index is 567. The molecule has 0 aliphatic heterocycles. The van der Waals surface area contributed by atoms with Gasteiger partial charge in [-0.2, -0.15) is 0 Å². The van der Waals surface area contributed by atoms with E-state index in [9.17, 15) is 0 Å². The van der Waals surface area contributed by atoms with Crippen molar-refractivity contribution in [2.45, 2.75) is 11.4 Å². The van der Waals surface area contributed by atoms with E-state index in [0.29, 0.717) is 0 Å². The SMILES string of the molecule is CNCc1cccc(SCC#Cc2ccccc2)c1. The molecule has 1 nitrogen and oxygen atoms in total. The molecule has 0 aliphatic carbocycles. The van der Waals surface area contributed by atoms with Crippen molar-refractivity contribution in [2.75, 3.05) is 12.8 Å². The fraction of sp³-hybridized carbons (Fsp3) is 0.176. The van der Waals surface area contributed by atoms with Gasteiger partial charge in [0, 0.05) is 17.0 Å². The Labute approximate surface area is 119 Å². The maximum atomic E-state index is 3.20. The summed E-state index contributed by atoms with van der Waals surface area (Å²) in [6, 6.07) is 18.7. The normalized spacial score (nSPS) is 9.74. The minimum Gasteiger partial charge on any atom is -0.316 e. The van der Waals surface area contributed by atoms with Gasteiger partial charge in [-0.25, -0.2) is 0 Å². The lowest BCUT2D eigenvalue weighted by molar-refractivity contribution is 0.815. The van der Waals surface area contributed by atoms with Crippen molar-refractivity contribution in [2.24, 2.45) is 0 Å². The molecule has 0 amide bonds. The van der Waals surface area contributed by atoms with E-state index in [2.05, 4.69) is 41.4 Å². The highest BCUT2D eigenvalue weighted by atomic mass is 32.2. The number of hydrogen-bond acceptors (Lipinski definition) is 2. The molecule has 0 spiro atoms. The molecule has 0 heterocycles. The molecule has 2 heteroatoms. The van der Waals surface area contributed by atoms with Gasteiger partial charge in [-0.05, 0) is 36.9 Å². The Morgan fingerprint density at radius 2 is 1.89 bits per heavy atom. The van der Waals surface area contributed by atoms with Crippen LogP contribution >= 0.6 is 11.8 Å². The van der Waals surface area contributed by atoms with E-state index in [1.165, 1.54) is 10.5 Å². The van der Waals surface area contributed by atoms with E-state index in [-0.39, 0.29) is 0 Å². The molecule has 19 heavy (non-hydrogen) atoms. The highest BCUT2D eigenvalue weighted by molar-refractivity contribution is 7.99. The maximum absolute atomic E-state index is 3.20. The summed E-state index contributed by atoms with van der Waals surface area (Å²) < 4.78 is 0. The quantitative estimate of drug-likeness (QED) is 0.671. The number of thioether (sulfide) groups is 1. The number of rotatable bonds is 4. The minimum atomic E-state index is 0.817. The second-order valence-electron chi connectivity index (χ2n) is 4.13. The predicted octanol–water partition coefficient (Wildman–Crippen LogP) is 3.55. The predicted molar refractivity (Wildman–Crippen MR) is 83.2 cm³/mol. The van der Waals surface area contributed by atoms with Crippen LogP contribution in [0.2, 0.25) is 0 Å². The Kier molecular flexibility index (Phi) is 5.55. The first-order valence-electron chi connectivity index (χ1n) is 6.29. The molecule has 0 aliphatic rings. The van der Waals surface area contributed by atoms with Gasteiger partial charge in [-0.15, -0.1) is 11.8 Å². The van der Waals surface area contributed by atoms with Crippen LogP contribution in [0.15, 0.2) is 59.5 Å². The van der Waals surface area contributed by atoms with E-state index in [1.54, 1.807) is 11.8 Å². The van der Waals surface area contributed by atoms with Crippen molar-refractivity contribution in [1.82, 2.24) is 5.32 Å². The number of hydrogen-bond donors (Lipinski definition) is 1. The van der Waals surface area contributed by atoms with Crippen LogP contribution in [0.1, 0.15) is 11.1 Å². The molecule has 0 atom stereocenters. The minimum absolute atomic E-state index is 0.817. The van der Waals surface area contributed by atoms with Gasteiger partial charge in [0.2, 0.25) is 0 Å². The lowest BCUT2D eigenvalue weighted by Gasteiger charge is -2.02. The summed E-state index contributed by atoms with van der Waals surface area (Å²) in [4.78, 5) is 1.27. The van der Waals surface area contributed by atoms with Crippen LogP contribution in [0.25, 0.3) is 0 Å². The molecule has 0 saturated carbocycles. The molecule has 96 valence electrons. The smallest absolute Gasteiger partial charge is 0.0598 e. The fourth-order valence-electron chi connectivity index (χ4n) is 1.73. The molecule has 0 saturated heterocycles. The van der Waals surface area contributed by atoms with Gasteiger partial charge < -0.3 is 5.32 Å². The van der Waals surface area contributed by atoms with E-state index < -0.39 is 0 Å². The van der Waals surface area contributed by atoms with E-state index in [4.69, 9.17) is 0 Å². The number of nitrogens with one attached hydrogen (secondary N) is 1. The summed E-state index contributed by atoms with van der Waals surface area (Å²) in [5, 5.41) is 3.16. The van der Waals surface area contributed by atoms with Crippen LogP contribution in [0.5, 0.6) is 0 Å². The lowest BCUT2D eigenvalue weighted by atomic mass is 10.2. The summed E-state index contributed by atoms with van der Waals surface area (Å²) in [5.41, 5.74) is 2.38. The molecule has 0 aromatic heterocycles. The van der Waals surface area contributed by atoms with Gasteiger partial charge in [-0.1, -0.05) is 42.2 Å². The van der Waals surface area contributed by atoms with Crippen molar-refractivity contribution in [3.63, 3.8) is 0 Å². The van der Waals surface area contributed by atoms with Gasteiger partial charge in [0.1, 0.15) is 0 Å². The zero-order valence-corrected chi connectivity index (χ0v) is 11.8. The summed E-state index contributed by atoms with van der Waals surface area (Å²) in [6.07, 6.45) is 0. The van der Waals surface area contributed by atoms with E-state index in [1.807, 2.05) is 37.4 Å². The van der Waals surface area contributed by atoms with Crippen LogP contribution < -0.4 is 5.32 Å². The van der Waals surface area contributed by atoms with Crippen LogP contribution in [0.3, 0.4) is 0 Å². The van der Waals surface area contributed by atoms with Gasteiger partial charge in [-0.3, -0.25) is 0 Å². The van der Waals surface area contributed by atoms with Crippen molar-refractivity contribution < 1.29 is 0 Å². The van der Waals surface area contributed by atoms with Crippen molar-refractivity contribution >= 4 is 11.8 Å². The van der Waals surface area contributed by atoms with Gasteiger partial charge in [0.15, 0.2) is 0 Å². The fourth-order valence-corrected chi connectivity index (χ4v) is 2.45. The summed E-state index contributed by atoms with van der Waals surface area (Å²) >= 11 is 1.78. The standard InChI is InChI=1S/C17H17NS/c1-18-14-16-9-5-11-17(13-16)19-12-6-10-15-7-3-2-4-8-15/h2-5,7-9,11,13,18H,12,14H2,1H3. The van der Waals surface area contributed by atoms with Gasteiger partial charge >= 0.3 is 0 Å². The van der Waals surface area contributed by atoms with Gasteiger partial charge in [0.05, 0.1) is 5.75 Å². The molecule has 2 aromatic carbocycles. The zero-order chi connectivity index (χ0) is 13.3. The Morgan fingerprint density at radius 1 is 1.05 bits per heavy atom. The Morgan fingerprint density at radius 3 is 2.68 bits per heavy atom. The first-order chi connectivity index (χ1) is 9.38. The van der Waals surface area contributed by atoms with Gasteiger partial charge in [0.25, 0.3) is 0 Å². The summed E-state index contributed by atoms with van der Waals surface area (Å²) in [5.74, 6) is 7.19. The van der Waals surface area contributed by atoms with Crippen molar-refractivity contribution in [3.8, 4) is 11.8 Å². The van der Waals surface area contributed by atoms with Crippen LogP contribution in [-0.2, 0) is 6.54 Å². The third kappa shape index (κ3) is 4.82. The van der Waals surface area contributed by atoms with Crippen molar-refractivity contribution in [1.29, 1.82) is 0 Å². The first kappa shape index (κ1) is 13.7. The average Bonchev–Trinajstić information content (AvgIpc) is 2.46. The monoisotopic (exact) mass is 267 g/mol. The van der Waals surface area contributed by atoms with E-state index >= 15 is 0 Å². The zero-order valence-electron chi connectivity index (χ0n) is 11.0. The second kappa shape index (κ2) is 7.68. The lowest BCUT2D eigenvalue weighted by Crippen LogP contribution is -2.04. The molecule has 2 aromatic rings. The topological polar surface area (TPSA) is 12.0 Å². The van der Waals surface area contributed by atoms with Crippen LogP contribution in [0.4, 0.5) is 0 Å². The third-order valence-corrected chi connectivity index (χ3v) is 3.47. The molecule has 0 fully saturated rings. The summed E-state index contributed by atoms with van der Waals surface area (Å²) in [6.45, 7) is 0.907. The molecule has 0 radical (unpaired) electrons. The Hall–Kier alpha value is -1.69. The number of benzene rings is 2. The van der Waals surface area contributed by atoms with E-state index in [0.717, 1.165) is 17.9 Å². The van der Waals surface area contributed by atoms with Crippen LogP contribution in [-0.4, -0.2) is 12.8 Å². The molecule has 1 N–H and O–H groups in total. The maximum Gasteiger partial charge on any atom is 0.0598 e. The average molecular weight is 267 g/mol. The van der Waals surface area contributed by atoms with Crippen LogP contribution in [0, 0.1) is 11.8 Å². The largest absolute Gasteiger partial charge is 0.316 e. The third-order valence-electron chi connectivity index (χ3n) is 2.60. The van der Waals surface area contributed by atoms with Crippen molar-refractivity contribution in [3.05, 3.63) is 65.7 Å². The summed E-state index contributed by atoms with van der Waals surface area (Å²) in [7, 11) is 1.96. The first-order valence-corrected chi connectivity index (χ1v) is 7.27. The molecule has 2 rings (SSSR count).